The van der Waals surface area contributed by atoms with E-state index < -0.39 is 17.9 Å². The third kappa shape index (κ3) is 3.22. The largest absolute Gasteiger partial charge is 0.409 e. The van der Waals surface area contributed by atoms with E-state index in [4.69, 9.17) is 10.9 Å². The summed E-state index contributed by atoms with van der Waals surface area (Å²) < 4.78 is 39.4. The van der Waals surface area contributed by atoms with Gasteiger partial charge < -0.3 is 15.8 Å². The van der Waals surface area contributed by atoms with Gasteiger partial charge >= 0.3 is 6.18 Å². The molecule has 1 aliphatic heterocycles. The van der Waals surface area contributed by atoms with Crippen molar-refractivity contribution in [1.82, 2.24) is 0 Å². The van der Waals surface area contributed by atoms with E-state index in [1.54, 1.807) is 11.0 Å². The molecule has 1 aromatic rings. The van der Waals surface area contributed by atoms with E-state index in [2.05, 4.69) is 5.16 Å². The zero-order valence-corrected chi connectivity index (χ0v) is 11.6. The number of hydrogen-bond acceptors (Lipinski definition) is 3. The number of oxime groups is 1. The quantitative estimate of drug-likeness (QED) is 0.390. The third-order valence-corrected chi connectivity index (χ3v) is 3.91. The highest BCUT2D eigenvalue weighted by Crippen LogP contribution is 2.34. The lowest BCUT2D eigenvalue weighted by atomic mass is 9.94. The number of nitrogens with zero attached hydrogens (tertiary/aromatic N) is 2. The Hall–Kier alpha value is -1.92. The maximum atomic E-state index is 13.1. The lowest BCUT2D eigenvalue weighted by Crippen LogP contribution is -2.48. The number of aryl methyl sites for hydroxylation is 1. The van der Waals surface area contributed by atoms with E-state index in [1.165, 1.54) is 0 Å². The minimum Gasteiger partial charge on any atom is -0.409 e. The van der Waals surface area contributed by atoms with Gasteiger partial charge in [0.2, 0.25) is 0 Å². The van der Waals surface area contributed by atoms with Crippen molar-refractivity contribution in [2.24, 2.45) is 16.8 Å². The van der Waals surface area contributed by atoms with Crippen LogP contribution in [-0.4, -0.2) is 29.8 Å². The van der Waals surface area contributed by atoms with Crippen molar-refractivity contribution in [2.45, 2.75) is 32.0 Å². The monoisotopic (exact) mass is 301 g/mol. The van der Waals surface area contributed by atoms with Gasteiger partial charge in [-0.3, -0.25) is 0 Å². The number of alkyl halides is 3. The molecule has 1 aliphatic rings. The van der Waals surface area contributed by atoms with E-state index in [0.717, 1.165) is 24.1 Å². The van der Waals surface area contributed by atoms with E-state index in [-0.39, 0.29) is 12.6 Å². The highest BCUT2D eigenvalue weighted by molar-refractivity contribution is 5.83. The Bertz CT molecular complexity index is 530. The van der Waals surface area contributed by atoms with Gasteiger partial charge in [0, 0.05) is 18.3 Å². The molecule has 0 aliphatic carbocycles. The summed E-state index contributed by atoms with van der Waals surface area (Å²) in [5.41, 5.74) is 7.05. The first-order valence-electron chi connectivity index (χ1n) is 6.73. The molecule has 0 fully saturated rings. The van der Waals surface area contributed by atoms with Crippen LogP contribution in [0.3, 0.4) is 0 Å². The number of amidine groups is 1. The Morgan fingerprint density at radius 3 is 2.76 bits per heavy atom. The molecule has 2 unspecified atom stereocenters. The van der Waals surface area contributed by atoms with Gasteiger partial charge in [-0.25, -0.2) is 0 Å². The number of fused-ring (bicyclic) bond motifs is 1. The summed E-state index contributed by atoms with van der Waals surface area (Å²) in [5, 5.41) is 11.2. The van der Waals surface area contributed by atoms with Crippen LogP contribution in [0.15, 0.2) is 29.4 Å². The van der Waals surface area contributed by atoms with E-state index in [0.29, 0.717) is 0 Å². The minimum absolute atomic E-state index is 0.0313. The molecule has 0 amide bonds. The molecule has 3 N–H and O–H groups in total. The summed E-state index contributed by atoms with van der Waals surface area (Å²) in [6.07, 6.45) is -2.94. The van der Waals surface area contributed by atoms with Crippen LogP contribution in [0.2, 0.25) is 0 Å². The van der Waals surface area contributed by atoms with Gasteiger partial charge in [0.25, 0.3) is 0 Å². The molecule has 0 saturated heterocycles. The number of benzene rings is 1. The highest BCUT2D eigenvalue weighted by Gasteiger charge is 2.44. The molecule has 4 nitrogen and oxygen atoms in total. The van der Waals surface area contributed by atoms with Crippen molar-refractivity contribution < 1.29 is 18.4 Å². The van der Waals surface area contributed by atoms with Gasteiger partial charge in [0.1, 0.15) is 5.92 Å². The first-order chi connectivity index (χ1) is 9.84. The Labute approximate surface area is 121 Å². The summed E-state index contributed by atoms with van der Waals surface area (Å²) in [6.45, 7) is 1.53. The van der Waals surface area contributed by atoms with Crippen LogP contribution in [0, 0.1) is 5.92 Å². The number of para-hydroxylation sites is 1. The molecule has 0 aromatic heterocycles. The van der Waals surface area contributed by atoms with E-state index in [1.807, 2.05) is 25.1 Å². The molecule has 2 atom stereocenters. The van der Waals surface area contributed by atoms with E-state index >= 15 is 0 Å². The molecule has 7 heteroatoms. The smallest absolute Gasteiger partial charge is 0.400 e. The second kappa shape index (κ2) is 5.83. The number of rotatable bonds is 3. The summed E-state index contributed by atoms with van der Waals surface area (Å²) >= 11 is 0. The Balaban J connectivity index is 2.32. The summed E-state index contributed by atoms with van der Waals surface area (Å²) in [7, 11) is 0. The van der Waals surface area contributed by atoms with Gasteiger partial charge in [-0.2, -0.15) is 13.2 Å². The molecule has 116 valence electrons. The number of anilines is 1. The minimum atomic E-state index is -4.55. The van der Waals surface area contributed by atoms with Gasteiger partial charge in [0.15, 0.2) is 5.84 Å². The van der Waals surface area contributed by atoms with Crippen molar-refractivity contribution in [3.63, 3.8) is 0 Å². The number of nitrogens with two attached hydrogens (primary N) is 1. The molecule has 1 aromatic carbocycles. The van der Waals surface area contributed by atoms with Crippen molar-refractivity contribution in [3.8, 4) is 0 Å². The van der Waals surface area contributed by atoms with Crippen LogP contribution in [-0.2, 0) is 6.42 Å². The first kappa shape index (κ1) is 15.5. The lowest BCUT2D eigenvalue weighted by molar-refractivity contribution is -0.153. The van der Waals surface area contributed by atoms with Crippen LogP contribution in [0.5, 0.6) is 0 Å². The molecule has 0 bridgehead atoms. The van der Waals surface area contributed by atoms with Crippen molar-refractivity contribution in [2.75, 3.05) is 11.4 Å². The molecule has 0 saturated carbocycles. The zero-order chi connectivity index (χ0) is 15.6. The van der Waals surface area contributed by atoms with Gasteiger partial charge in [-0.05, 0) is 31.4 Å². The average Bonchev–Trinajstić information content (AvgIpc) is 2.44. The standard InChI is InChI=1S/C14H18F3N3O/c1-9-6-7-10-4-2-3-5-12(10)20(9)8-11(13(18)19-21)14(15,16)17/h2-5,9,11,21H,6-8H2,1H3,(H2,18,19). The fourth-order valence-corrected chi connectivity index (χ4v) is 2.67. The summed E-state index contributed by atoms with van der Waals surface area (Å²) in [6, 6.07) is 7.37. The Kier molecular flexibility index (Phi) is 4.29. The summed E-state index contributed by atoms with van der Waals surface area (Å²) in [4.78, 5) is 1.69. The lowest BCUT2D eigenvalue weighted by Gasteiger charge is -2.39. The second-order valence-electron chi connectivity index (χ2n) is 5.29. The van der Waals surface area contributed by atoms with Gasteiger partial charge in [-0.1, -0.05) is 23.4 Å². The maximum Gasteiger partial charge on any atom is 0.400 e. The van der Waals surface area contributed by atoms with E-state index in [9.17, 15) is 13.2 Å². The predicted octanol–water partition coefficient (Wildman–Crippen LogP) is 2.75. The SMILES string of the molecule is CC1CCc2ccccc2N1CC(/C(N)=N/O)C(F)(F)F. The molecular weight excluding hydrogens is 283 g/mol. The molecule has 1 heterocycles. The average molecular weight is 301 g/mol. The fraction of sp³-hybridized carbons (Fsp3) is 0.500. The van der Waals surface area contributed by atoms with Gasteiger partial charge in [0.05, 0.1) is 0 Å². The second-order valence-corrected chi connectivity index (χ2v) is 5.29. The van der Waals surface area contributed by atoms with Crippen molar-refractivity contribution in [1.29, 1.82) is 0 Å². The topological polar surface area (TPSA) is 61.8 Å². The number of hydrogen-bond donors (Lipinski definition) is 2. The van der Waals surface area contributed by atoms with Gasteiger partial charge in [-0.15, -0.1) is 0 Å². The maximum absolute atomic E-state index is 13.1. The van der Waals surface area contributed by atoms with Crippen LogP contribution in [0.1, 0.15) is 18.9 Å². The number of halogens is 3. The van der Waals surface area contributed by atoms with Crippen LogP contribution in [0.4, 0.5) is 18.9 Å². The normalized spacial score (nSPS) is 21.0. The van der Waals surface area contributed by atoms with Crippen LogP contribution >= 0.6 is 0 Å². The fourth-order valence-electron chi connectivity index (χ4n) is 2.67. The highest BCUT2D eigenvalue weighted by atomic mass is 19.4. The molecule has 0 radical (unpaired) electrons. The zero-order valence-electron chi connectivity index (χ0n) is 11.6. The predicted molar refractivity (Wildman–Crippen MR) is 74.5 cm³/mol. The van der Waals surface area contributed by atoms with Crippen molar-refractivity contribution >= 4 is 11.5 Å². The summed E-state index contributed by atoms with van der Waals surface area (Å²) in [5.74, 6) is -2.80. The van der Waals surface area contributed by atoms with Crippen LogP contribution in [0.25, 0.3) is 0 Å². The first-order valence-corrected chi connectivity index (χ1v) is 6.73. The molecule has 21 heavy (non-hydrogen) atoms. The molecular formula is C14H18F3N3O. The third-order valence-electron chi connectivity index (χ3n) is 3.91. The van der Waals surface area contributed by atoms with Crippen LogP contribution < -0.4 is 10.6 Å². The Morgan fingerprint density at radius 2 is 2.14 bits per heavy atom. The van der Waals surface area contributed by atoms with Crippen molar-refractivity contribution in [3.05, 3.63) is 29.8 Å². The molecule has 0 spiro atoms. The Morgan fingerprint density at radius 1 is 1.48 bits per heavy atom. The molecule has 2 rings (SSSR count).